The topological polar surface area (TPSA) is 70.6 Å². The number of amides is 1. The van der Waals surface area contributed by atoms with Gasteiger partial charge in [-0.1, -0.05) is 12.1 Å². The van der Waals surface area contributed by atoms with Gasteiger partial charge in [-0.25, -0.2) is 0 Å². The summed E-state index contributed by atoms with van der Waals surface area (Å²) in [6, 6.07) is 10.3. The van der Waals surface area contributed by atoms with Crippen LogP contribution in [0.5, 0.6) is 11.5 Å². The van der Waals surface area contributed by atoms with E-state index < -0.39 is 0 Å². The van der Waals surface area contributed by atoms with E-state index in [2.05, 4.69) is 10.6 Å². The Morgan fingerprint density at radius 3 is 2.52 bits per heavy atom. The van der Waals surface area contributed by atoms with Crippen molar-refractivity contribution in [1.82, 2.24) is 5.32 Å². The van der Waals surface area contributed by atoms with Crippen LogP contribution in [0, 0.1) is 13.8 Å². The van der Waals surface area contributed by atoms with Crippen molar-refractivity contribution in [3.05, 3.63) is 53.1 Å². The fourth-order valence-corrected chi connectivity index (χ4v) is 2.26. The number of thiocarbonyl (C=S) groups is 1. The SMILES string of the molecule is COc1ccccc1C(=O)NC(=S)Nc1cc(C)c(C)cc1O. The Labute approximate surface area is 140 Å². The lowest BCUT2D eigenvalue weighted by Gasteiger charge is -2.13. The van der Waals surface area contributed by atoms with Crippen LogP contribution in [0.3, 0.4) is 0 Å². The molecule has 120 valence electrons. The minimum absolute atomic E-state index is 0.0713. The van der Waals surface area contributed by atoms with E-state index in [1.165, 1.54) is 7.11 Å². The maximum absolute atomic E-state index is 12.2. The molecule has 1 amide bonds. The molecule has 0 bridgehead atoms. The third kappa shape index (κ3) is 3.98. The average molecular weight is 330 g/mol. The number of hydrogen-bond acceptors (Lipinski definition) is 4. The van der Waals surface area contributed by atoms with E-state index in [9.17, 15) is 9.90 Å². The highest BCUT2D eigenvalue weighted by atomic mass is 32.1. The Morgan fingerprint density at radius 2 is 1.83 bits per heavy atom. The predicted octanol–water partition coefficient (Wildman–Crippen LogP) is 3.14. The van der Waals surface area contributed by atoms with Crippen LogP contribution >= 0.6 is 12.2 Å². The van der Waals surface area contributed by atoms with Gasteiger partial charge in [-0.15, -0.1) is 0 Å². The smallest absolute Gasteiger partial charge is 0.261 e. The first-order valence-electron chi connectivity index (χ1n) is 6.98. The molecule has 5 nitrogen and oxygen atoms in total. The van der Waals surface area contributed by atoms with Crippen LogP contribution in [-0.2, 0) is 0 Å². The first-order valence-corrected chi connectivity index (χ1v) is 7.38. The molecule has 2 aromatic carbocycles. The molecule has 0 fully saturated rings. The second-order valence-electron chi connectivity index (χ2n) is 5.06. The van der Waals surface area contributed by atoms with E-state index in [1.807, 2.05) is 13.8 Å². The van der Waals surface area contributed by atoms with Crippen LogP contribution in [0.4, 0.5) is 5.69 Å². The molecule has 2 rings (SSSR count). The molecule has 0 aliphatic carbocycles. The number of hydrogen-bond donors (Lipinski definition) is 3. The summed E-state index contributed by atoms with van der Waals surface area (Å²) in [5, 5.41) is 15.4. The summed E-state index contributed by atoms with van der Waals surface area (Å²) in [5.41, 5.74) is 2.79. The zero-order valence-corrected chi connectivity index (χ0v) is 14.0. The van der Waals surface area contributed by atoms with E-state index in [0.29, 0.717) is 17.0 Å². The van der Waals surface area contributed by atoms with Crippen molar-refractivity contribution in [2.75, 3.05) is 12.4 Å². The molecule has 0 aliphatic heterocycles. The molecular weight excluding hydrogens is 312 g/mol. The summed E-state index contributed by atoms with van der Waals surface area (Å²) >= 11 is 5.13. The summed E-state index contributed by atoms with van der Waals surface area (Å²) in [7, 11) is 1.50. The zero-order chi connectivity index (χ0) is 17.0. The lowest BCUT2D eigenvalue weighted by atomic mass is 10.1. The number of carbonyl (C=O) groups excluding carboxylic acids is 1. The first-order chi connectivity index (χ1) is 10.9. The molecule has 0 radical (unpaired) electrons. The number of ether oxygens (including phenoxy) is 1. The van der Waals surface area contributed by atoms with Gasteiger partial charge in [-0.2, -0.15) is 0 Å². The van der Waals surface area contributed by atoms with Crippen molar-refractivity contribution in [3.8, 4) is 11.5 Å². The van der Waals surface area contributed by atoms with E-state index in [0.717, 1.165) is 11.1 Å². The second kappa shape index (κ2) is 7.11. The summed E-state index contributed by atoms with van der Waals surface area (Å²) < 4.78 is 5.15. The minimum Gasteiger partial charge on any atom is -0.506 e. The van der Waals surface area contributed by atoms with Gasteiger partial charge in [-0.05, 0) is 61.5 Å². The molecular formula is C17H18N2O3S. The number of carbonyl (C=O) groups is 1. The van der Waals surface area contributed by atoms with Crippen LogP contribution in [0.15, 0.2) is 36.4 Å². The highest BCUT2D eigenvalue weighted by Gasteiger charge is 2.14. The van der Waals surface area contributed by atoms with Gasteiger partial charge < -0.3 is 15.2 Å². The van der Waals surface area contributed by atoms with Crippen molar-refractivity contribution in [1.29, 1.82) is 0 Å². The van der Waals surface area contributed by atoms with Gasteiger partial charge in [0.15, 0.2) is 5.11 Å². The van der Waals surface area contributed by atoms with E-state index in [-0.39, 0.29) is 16.8 Å². The number of benzene rings is 2. The standard InChI is InChI=1S/C17H18N2O3S/c1-10-8-13(14(20)9-11(10)2)18-17(23)19-16(21)12-6-4-5-7-15(12)22-3/h4-9,20H,1-3H3,(H2,18,19,21,23). The number of phenols is 1. The number of para-hydroxylation sites is 1. The van der Waals surface area contributed by atoms with Crippen LogP contribution in [0.2, 0.25) is 0 Å². The molecule has 0 atom stereocenters. The number of methoxy groups -OCH3 is 1. The van der Waals surface area contributed by atoms with E-state index >= 15 is 0 Å². The number of rotatable bonds is 3. The van der Waals surface area contributed by atoms with E-state index in [4.69, 9.17) is 17.0 Å². The van der Waals surface area contributed by atoms with Gasteiger partial charge in [0.25, 0.3) is 5.91 Å². The number of phenolic OH excluding ortho intramolecular Hbond substituents is 1. The summed E-state index contributed by atoms with van der Waals surface area (Å²) in [4.78, 5) is 12.2. The largest absolute Gasteiger partial charge is 0.506 e. The Balaban J connectivity index is 2.11. The molecule has 6 heteroatoms. The molecule has 0 aromatic heterocycles. The lowest BCUT2D eigenvalue weighted by Crippen LogP contribution is -2.34. The highest BCUT2D eigenvalue weighted by molar-refractivity contribution is 7.80. The fourth-order valence-electron chi connectivity index (χ4n) is 2.06. The van der Waals surface area contributed by atoms with Crippen molar-refractivity contribution in [2.24, 2.45) is 0 Å². The summed E-state index contributed by atoms with van der Waals surface area (Å²) in [6.45, 7) is 3.83. The third-order valence-electron chi connectivity index (χ3n) is 3.44. The van der Waals surface area contributed by atoms with Gasteiger partial charge in [0.1, 0.15) is 11.5 Å². The highest BCUT2D eigenvalue weighted by Crippen LogP contribution is 2.26. The van der Waals surface area contributed by atoms with Crippen molar-refractivity contribution in [3.63, 3.8) is 0 Å². The predicted molar refractivity (Wildman–Crippen MR) is 94.3 cm³/mol. The lowest BCUT2D eigenvalue weighted by molar-refractivity contribution is 0.0974. The van der Waals surface area contributed by atoms with Crippen LogP contribution in [0.25, 0.3) is 0 Å². The van der Waals surface area contributed by atoms with Gasteiger partial charge in [0.05, 0.1) is 18.4 Å². The molecule has 0 saturated carbocycles. The van der Waals surface area contributed by atoms with E-state index in [1.54, 1.807) is 36.4 Å². The molecule has 0 aliphatic rings. The third-order valence-corrected chi connectivity index (χ3v) is 3.64. The summed E-state index contributed by atoms with van der Waals surface area (Å²) in [6.07, 6.45) is 0. The number of aryl methyl sites for hydroxylation is 2. The Bertz CT molecular complexity index is 759. The molecule has 0 unspecified atom stereocenters. The van der Waals surface area contributed by atoms with Crippen molar-refractivity contribution in [2.45, 2.75) is 13.8 Å². The fraction of sp³-hybridized carbons (Fsp3) is 0.176. The van der Waals surface area contributed by atoms with Gasteiger partial charge in [-0.3, -0.25) is 10.1 Å². The quantitative estimate of drug-likeness (QED) is 0.596. The van der Waals surface area contributed by atoms with Gasteiger partial charge in [0.2, 0.25) is 0 Å². The molecule has 0 heterocycles. The molecule has 3 N–H and O–H groups in total. The monoisotopic (exact) mass is 330 g/mol. The summed E-state index contributed by atoms with van der Waals surface area (Å²) in [5.74, 6) is 0.145. The van der Waals surface area contributed by atoms with Crippen molar-refractivity contribution < 1.29 is 14.6 Å². The molecule has 0 saturated heterocycles. The van der Waals surface area contributed by atoms with Crippen molar-refractivity contribution >= 4 is 28.9 Å². The zero-order valence-electron chi connectivity index (χ0n) is 13.1. The Kier molecular flexibility index (Phi) is 5.18. The van der Waals surface area contributed by atoms with Crippen LogP contribution in [-0.4, -0.2) is 23.2 Å². The normalized spacial score (nSPS) is 10.0. The van der Waals surface area contributed by atoms with Gasteiger partial charge >= 0.3 is 0 Å². The molecule has 0 spiro atoms. The second-order valence-corrected chi connectivity index (χ2v) is 5.47. The molecule has 2 aromatic rings. The first kappa shape index (κ1) is 16.8. The number of anilines is 1. The van der Waals surface area contributed by atoms with Crippen LogP contribution in [0.1, 0.15) is 21.5 Å². The Morgan fingerprint density at radius 1 is 1.17 bits per heavy atom. The average Bonchev–Trinajstić information content (AvgIpc) is 2.52. The number of nitrogens with one attached hydrogen (secondary N) is 2. The maximum Gasteiger partial charge on any atom is 0.261 e. The minimum atomic E-state index is -0.386. The Hall–Kier alpha value is -2.60. The van der Waals surface area contributed by atoms with Crippen LogP contribution < -0.4 is 15.4 Å². The molecule has 23 heavy (non-hydrogen) atoms. The number of aromatic hydroxyl groups is 1. The van der Waals surface area contributed by atoms with Gasteiger partial charge in [0, 0.05) is 0 Å². The maximum atomic E-state index is 12.2.